The van der Waals surface area contributed by atoms with Gasteiger partial charge < -0.3 is 19.4 Å². The van der Waals surface area contributed by atoms with Gasteiger partial charge in [0.1, 0.15) is 11.9 Å². The summed E-state index contributed by atoms with van der Waals surface area (Å²) in [6.07, 6.45) is 3.37. The van der Waals surface area contributed by atoms with Gasteiger partial charge in [-0.3, -0.25) is 9.59 Å². The Kier molecular flexibility index (Phi) is 7.27. The molecule has 0 bridgehead atoms. The van der Waals surface area contributed by atoms with Gasteiger partial charge in [0.25, 0.3) is 0 Å². The molecule has 5 rings (SSSR count). The third-order valence-electron chi connectivity index (χ3n) is 7.98. The Morgan fingerprint density at radius 3 is 2.57 bits per heavy atom. The van der Waals surface area contributed by atoms with E-state index in [1.54, 1.807) is 18.0 Å². The zero-order chi connectivity index (χ0) is 26.2. The lowest BCUT2D eigenvalue weighted by atomic mass is 9.84. The molecule has 37 heavy (non-hydrogen) atoms. The van der Waals surface area contributed by atoms with Gasteiger partial charge in [-0.25, -0.2) is 13.2 Å². The van der Waals surface area contributed by atoms with Crippen LogP contribution in [0.25, 0.3) is 0 Å². The van der Waals surface area contributed by atoms with Gasteiger partial charge in [0.2, 0.25) is 11.8 Å². The van der Waals surface area contributed by atoms with Crippen LogP contribution < -0.4 is 0 Å². The molecule has 2 aromatic rings. The van der Waals surface area contributed by atoms with Gasteiger partial charge in [0, 0.05) is 39.6 Å². The lowest BCUT2D eigenvalue weighted by molar-refractivity contribution is -0.143. The number of fused-ring (bicyclic) bond motifs is 2. The number of benzene rings is 2. The van der Waals surface area contributed by atoms with E-state index in [-0.39, 0.29) is 28.8 Å². The summed E-state index contributed by atoms with van der Waals surface area (Å²) < 4.78 is 47.2. The number of hydrogen-bond donors (Lipinski definition) is 0. The fraction of sp³-hybridized carbons (Fsp3) is 0.500. The average molecular weight is 516 g/mol. The monoisotopic (exact) mass is 515 g/mol. The molecule has 2 fully saturated rings. The van der Waals surface area contributed by atoms with E-state index < -0.39 is 17.7 Å². The molecular formula is C28H32F3N3O3. The maximum atomic E-state index is 14.0. The van der Waals surface area contributed by atoms with Crippen LogP contribution in [0.4, 0.5) is 13.2 Å². The summed E-state index contributed by atoms with van der Waals surface area (Å²) in [6.45, 7) is 3.81. The number of rotatable bonds is 7. The van der Waals surface area contributed by atoms with Gasteiger partial charge in [-0.2, -0.15) is 0 Å². The first kappa shape index (κ1) is 25.7. The average Bonchev–Trinajstić information content (AvgIpc) is 3.46. The molecule has 0 aromatic heterocycles. The van der Waals surface area contributed by atoms with Crippen LogP contribution in [-0.4, -0.2) is 66.3 Å². The van der Waals surface area contributed by atoms with Crippen molar-refractivity contribution in [3.8, 4) is 0 Å². The van der Waals surface area contributed by atoms with E-state index in [0.717, 1.165) is 62.2 Å². The van der Waals surface area contributed by atoms with E-state index in [0.29, 0.717) is 32.5 Å². The molecule has 6 nitrogen and oxygen atoms in total. The number of ether oxygens (including phenoxy) is 1. The van der Waals surface area contributed by atoms with Gasteiger partial charge in [0.05, 0.1) is 12.2 Å². The number of piperidine rings is 1. The number of nitrogens with zero attached hydrogens (tertiary/aromatic N) is 3. The van der Waals surface area contributed by atoms with Crippen LogP contribution in [0.2, 0.25) is 0 Å². The van der Waals surface area contributed by atoms with Gasteiger partial charge >= 0.3 is 0 Å². The van der Waals surface area contributed by atoms with E-state index in [1.165, 1.54) is 17.0 Å². The molecule has 2 aromatic carbocycles. The van der Waals surface area contributed by atoms with E-state index >= 15 is 0 Å². The standard InChI is InChI=1S/C28H32F3N3O3/c1-32(27(36)26(34-13-2-4-25(34)35)19-5-8-23(30)24(31)17-19)11-3-12-33-14-9-28(10-15-33)22-7-6-21(29)16-20(22)18-37-28/h5-8,16-17,26H,2-4,9-15,18H2,1H3. The lowest BCUT2D eigenvalue weighted by Gasteiger charge is -2.39. The van der Waals surface area contributed by atoms with Crippen molar-refractivity contribution in [3.63, 3.8) is 0 Å². The smallest absolute Gasteiger partial charge is 0.249 e. The maximum absolute atomic E-state index is 14.0. The zero-order valence-electron chi connectivity index (χ0n) is 21.0. The summed E-state index contributed by atoms with van der Waals surface area (Å²) in [5, 5.41) is 0. The highest BCUT2D eigenvalue weighted by Crippen LogP contribution is 2.44. The third kappa shape index (κ3) is 5.11. The summed E-state index contributed by atoms with van der Waals surface area (Å²) in [7, 11) is 1.68. The van der Waals surface area contributed by atoms with Crippen molar-refractivity contribution in [2.24, 2.45) is 0 Å². The van der Waals surface area contributed by atoms with Crippen LogP contribution in [0, 0.1) is 17.5 Å². The van der Waals surface area contributed by atoms with E-state index in [1.807, 2.05) is 6.07 Å². The van der Waals surface area contributed by atoms with Crippen LogP contribution in [0.1, 0.15) is 54.8 Å². The highest BCUT2D eigenvalue weighted by atomic mass is 19.2. The number of hydrogen-bond acceptors (Lipinski definition) is 4. The Hall–Kier alpha value is -2.91. The Morgan fingerprint density at radius 2 is 1.86 bits per heavy atom. The van der Waals surface area contributed by atoms with E-state index in [9.17, 15) is 22.8 Å². The molecule has 198 valence electrons. The van der Waals surface area contributed by atoms with Crippen LogP contribution in [0.5, 0.6) is 0 Å². The molecule has 0 N–H and O–H groups in total. The fourth-order valence-corrected chi connectivity index (χ4v) is 5.90. The molecule has 2 saturated heterocycles. The second kappa shape index (κ2) is 10.5. The second-order valence-corrected chi connectivity index (χ2v) is 10.3. The quantitative estimate of drug-likeness (QED) is 0.557. The Bertz CT molecular complexity index is 1180. The van der Waals surface area contributed by atoms with Crippen molar-refractivity contribution in [1.29, 1.82) is 0 Å². The van der Waals surface area contributed by atoms with Gasteiger partial charge in [-0.1, -0.05) is 12.1 Å². The van der Waals surface area contributed by atoms with E-state index in [2.05, 4.69) is 4.90 Å². The van der Waals surface area contributed by atoms with Crippen molar-refractivity contribution < 1.29 is 27.5 Å². The minimum Gasteiger partial charge on any atom is -0.365 e. The molecule has 3 heterocycles. The van der Waals surface area contributed by atoms with Crippen molar-refractivity contribution in [3.05, 3.63) is 70.5 Å². The van der Waals surface area contributed by atoms with Crippen molar-refractivity contribution in [1.82, 2.24) is 14.7 Å². The molecule has 0 saturated carbocycles. The molecule has 0 aliphatic carbocycles. The first-order chi connectivity index (χ1) is 17.8. The van der Waals surface area contributed by atoms with Crippen molar-refractivity contribution in [2.75, 3.05) is 39.8 Å². The van der Waals surface area contributed by atoms with Crippen molar-refractivity contribution in [2.45, 2.75) is 50.4 Å². The van der Waals surface area contributed by atoms with Gasteiger partial charge in [0.15, 0.2) is 11.6 Å². The predicted molar refractivity (Wildman–Crippen MR) is 131 cm³/mol. The topological polar surface area (TPSA) is 53.1 Å². The zero-order valence-corrected chi connectivity index (χ0v) is 21.0. The normalized spacial score (nSPS) is 19.9. The minimum absolute atomic E-state index is 0.155. The Labute approximate surface area is 215 Å². The summed E-state index contributed by atoms with van der Waals surface area (Å²) >= 11 is 0. The highest BCUT2D eigenvalue weighted by molar-refractivity contribution is 5.89. The fourth-order valence-electron chi connectivity index (χ4n) is 5.90. The molecule has 1 spiro atoms. The molecule has 3 aliphatic heterocycles. The second-order valence-electron chi connectivity index (χ2n) is 10.3. The molecule has 3 aliphatic rings. The highest BCUT2D eigenvalue weighted by Gasteiger charge is 2.42. The number of amides is 2. The molecule has 1 atom stereocenters. The molecule has 9 heteroatoms. The summed E-state index contributed by atoms with van der Waals surface area (Å²) in [5.74, 6) is -2.72. The number of carbonyl (C=O) groups is 2. The molecular weight excluding hydrogens is 483 g/mol. The Morgan fingerprint density at radius 1 is 1.08 bits per heavy atom. The van der Waals surface area contributed by atoms with Crippen LogP contribution in [0.15, 0.2) is 36.4 Å². The number of carbonyl (C=O) groups excluding carboxylic acids is 2. The molecule has 0 radical (unpaired) electrons. The SMILES string of the molecule is CN(CCCN1CCC2(CC1)OCc1cc(F)ccc12)C(=O)C(c1ccc(F)c(F)c1)N1CCCC1=O. The summed E-state index contributed by atoms with van der Waals surface area (Å²) in [4.78, 5) is 31.3. The van der Waals surface area contributed by atoms with Gasteiger partial charge in [-0.15, -0.1) is 0 Å². The largest absolute Gasteiger partial charge is 0.365 e. The molecule has 1 unspecified atom stereocenters. The Balaban J connectivity index is 1.17. The first-order valence-corrected chi connectivity index (χ1v) is 12.9. The van der Waals surface area contributed by atoms with Crippen LogP contribution in [0.3, 0.4) is 0 Å². The first-order valence-electron chi connectivity index (χ1n) is 12.9. The number of likely N-dealkylation sites (tertiary alicyclic amines) is 2. The van der Waals surface area contributed by atoms with Crippen LogP contribution in [-0.2, 0) is 26.5 Å². The van der Waals surface area contributed by atoms with Crippen molar-refractivity contribution >= 4 is 11.8 Å². The van der Waals surface area contributed by atoms with Gasteiger partial charge in [-0.05, 0) is 73.2 Å². The third-order valence-corrected chi connectivity index (χ3v) is 7.98. The summed E-state index contributed by atoms with van der Waals surface area (Å²) in [5.41, 5.74) is 1.97. The lowest BCUT2D eigenvalue weighted by Crippen LogP contribution is -2.44. The van der Waals surface area contributed by atoms with Crippen LogP contribution >= 0.6 is 0 Å². The minimum atomic E-state index is -1.04. The number of halogens is 3. The number of likely N-dealkylation sites (N-methyl/N-ethyl adjacent to an activating group) is 1. The predicted octanol–water partition coefficient (Wildman–Crippen LogP) is 4.14. The van der Waals surface area contributed by atoms with E-state index in [4.69, 9.17) is 4.74 Å². The maximum Gasteiger partial charge on any atom is 0.249 e. The molecule has 2 amide bonds. The summed E-state index contributed by atoms with van der Waals surface area (Å²) in [6, 6.07) is 7.33.